The van der Waals surface area contributed by atoms with E-state index in [-0.39, 0.29) is 17.2 Å². The molecule has 0 aliphatic heterocycles. The second-order valence-corrected chi connectivity index (χ2v) is 3.62. The van der Waals surface area contributed by atoms with E-state index in [0.29, 0.717) is 11.4 Å². The number of furan rings is 1. The van der Waals surface area contributed by atoms with Gasteiger partial charge in [-0.2, -0.15) is 0 Å². The molecule has 0 fully saturated rings. The third kappa shape index (κ3) is 2.09. The quantitative estimate of drug-likeness (QED) is 0.862. The van der Waals surface area contributed by atoms with E-state index in [9.17, 15) is 4.79 Å². The Morgan fingerprint density at radius 2 is 2.50 bits per heavy atom. The molecular weight excluding hydrogens is 230 g/mol. The zero-order chi connectivity index (χ0) is 11.5. The zero-order valence-corrected chi connectivity index (χ0v) is 9.28. The lowest BCUT2D eigenvalue weighted by atomic mass is 10.2. The van der Waals surface area contributed by atoms with Gasteiger partial charge in [0, 0.05) is 12.4 Å². The first-order valence-electron chi connectivity index (χ1n) is 4.71. The molecule has 0 radical (unpaired) electrons. The molecule has 0 bridgehead atoms. The van der Waals surface area contributed by atoms with Gasteiger partial charge in [-0.1, -0.05) is 0 Å². The topological polar surface area (TPSA) is 70.9 Å². The average molecular weight is 240 g/mol. The van der Waals surface area contributed by atoms with E-state index < -0.39 is 0 Å². The van der Waals surface area contributed by atoms with E-state index in [2.05, 4.69) is 15.3 Å². The van der Waals surface area contributed by atoms with Crippen LogP contribution in [0, 0.1) is 0 Å². The van der Waals surface area contributed by atoms with Crippen molar-refractivity contribution < 1.29 is 9.21 Å². The van der Waals surface area contributed by atoms with Crippen molar-refractivity contribution in [3.8, 4) is 0 Å². The monoisotopic (exact) mass is 239 g/mol. The lowest BCUT2D eigenvalue weighted by Gasteiger charge is -2.10. The molecule has 0 aliphatic rings. The zero-order valence-electron chi connectivity index (χ0n) is 8.53. The van der Waals surface area contributed by atoms with Gasteiger partial charge in [-0.25, -0.2) is 4.98 Å². The van der Waals surface area contributed by atoms with Gasteiger partial charge in [0.15, 0.2) is 0 Å². The minimum Gasteiger partial charge on any atom is -0.452 e. The van der Waals surface area contributed by atoms with Gasteiger partial charge in [0.25, 0.3) is 5.91 Å². The number of halogens is 1. The largest absolute Gasteiger partial charge is 0.452 e. The summed E-state index contributed by atoms with van der Waals surface area (Å²) in [4.78, 5) is 18.7. The Bertz CT molecular complexity index is 478. The van der Waals surface area contributed by atoms with Crippen LogP contribution in [0.2, 0.25) is 5.22 Å². The Kier molecular flexibility index (Phi) is 2.96. The maximum Gasteiger partial charge on any atom is 0.256 e. The van der Waals surface area contributed by atoms with Gasteiger partial charge in [0.05, 0.1) is 17.9 Å². The van der Waals surface area contributed by atoms with E-state index >= 15 is 0 Å². The number of rotatable bonds is 3. The standard InChI is InChI=1S/C10H10ClN3O2/c1-6(9-12-3-4-13-9)14-10(15)7-2-5-16-8(7)11/h2-6H,1H3,(H,12,13)(H,14,15). The Morgan fingerprint density at radius 3 is 3.06 bits per heavy atom. The number of H-pyrrole nitrogens is 1. The van der Waals surface area contributed by atoms with Crippen molar-refractivity contribution >= 4 is 17.5 Å². The second-order valence-electron chi connectivity index (χ2n) is 3.28. The Balaban J connectivity index is 2.06. The Hall–Kier alpha value is -1.75. The maximum atomic E-state index is 11.7. The number of imidazole rings is 1. The molecule has 1 amide bonds. The molecular formula is C10H10ClN3O2. The summed E-state index contributed by atoms with van der Waals surface area (Å²) in [7, 11) is 0. The van der Waals surface area contributed by atoms with Crippen LogP contribution >= 0.6 is 11.6 Å². The van der Waals surface area contributed by atoms with Crippen molar-refractivity contribution in [2.45, 2.75) is 13.0 Å². The molecule has 1 atom stereocenters. The molecule has 5 nitrogen and oxygen atoms in total. The predicted molar refractivity (Wildman–Crippen MR) is 58.2 cm³/mol. The van der Waals surface area contributed by atoms with Crippen LogP contribution in [0.25, 0.3) is 0 Å². The molecule has 2 rings (SSSR count). The van der Waals surface area contributed by atoms with Crippen LogP contribution in [-0.4, -0.2) is 15.9 Å². The van der Waals surface area contributed by atoms with Crippen molar-refractivity contribution in [1.82, 2.24) is 15.3 Å². The van der Waals surface area contributed by atoms with Crippen LogP contribution in [0.5, 0.6) is 0 Å². The highest BCUT2D eigenvalue weighted by Gasteiger charge is 2.16. The summed E-state index contributed by atoms with van der Waals surface area (Å²) >= 11 is 5.69. The fourth-order valence-electron chi connectivity index (χ4n) is 1.31. The number of hydrogen-bond acceptors (Lipinski definition) is 3. The van der Waals surface area contributed by atoms with Crippen molar-refractivity contribution in [3.63, 3.8) is 0 Å². The first-order valence-corrected chi connectivity index (χ1v) is 5.09. The van der Waals surface area contributed by atoms with Gasteiger partial charge >= 0.3 is 0 Å². The normalized spacial score (nSPS) is 12.4. The first kappa shape index (κ1) is 10.8. The van der Waals surface area contributed by atoms with E-state index in [1.165, 1.54) is 12.3 Å². The molecule has 0 spiro atoms. The molecule has 0 aliphatic carbocycles. The Morgan fingerprint density at radius 1 is 1.69 bits per heavy atom. The minimum absolute atomic E-state index is 0.0872. The van der Waals surface area contributed by atoms with Crippen LogP contribution in [0.4, 0.5) is 0 Å². The lowest BCUT2D eigenvalue weighted by Crippen LogP contribution is -2.27. The predicted octanol–water partition coefficient (Wildman–Crippen LogP) is 2.15. The van der Waals surface area contributed by atoms with Crippen molar-refractivity contribution in [1.29, 1.82) is 0 Å². The summed E-state index contributed by atoms with van der Waals surface area (Å²) in [5.41, 5.74) is 0.320. The summed E-state index contributed by atoms with van der Waals surface area (Å²) in [5.74, 6) is 0.399. The van der Waals surface area contributed by atoms with Gasteiger partial charge in [0.1, 0.15) is 5.82 Å². The molecule has 2 N–H and O–H groups in total. The fraction of sp³-hybridized carbons (Fsp3) is 0.200. The third-order valence-corrected chi connectivity index (χ3v) is 2.43. The number of amides is 1. The summed E-state index contributed by atoms with van der Waals surface area (Å²) in [5, 5.41) is 2.84. The van der Waals surface area contributed by atoms with Crippen LogP contribution in [0.3, 0.4) is 0 Å². The highest BCUT2D eigenvalue weighted by atomic mass is 35.5. The number of nitrogens with zero attached hydrogens (tertiary/aromatic N) is 1. The van der Waals surface area contributed by atoms with Crippen LogP contribution in [0.15, 0.2) is 29.1 Å². The van der Waals surface area contributed by atoms with Gasteiger partial charge in [-0.3, -0.25) is 4.79 Å². The number of carbonyl (C=O) groups is 1. The summed E-state index contributed by atoms with van der Waals surface area (Å²) in [6.45, 7) is 1.82. The molecule has 2 aromatic heterocycles. The molecule has 16 heavy (non-hydrogen) atoms. The van der Waals surface area contributed by atoms with Crippen molar-refractivity contribution in [2.75, 3.05) is 0 Å². The summed E-state index contributed by atoms with van der Waals surface area (Å²) in [6.07, 6.45) is 4.69. The van der Waals surface area contributed by atoms with E-state index in [1.54, 1.807) is 12.4 Å². The lowest BCUT2D eigenvalue weighted by molar-refractivity contribution is 0.0938. The molecule has 1 unspecified atom stereocenters. The summed E-state index contributed by atoms with van der Waals surface area (Å²) < 4.78 is 4.84. The van der Waals surface area contributed by atoms with E-state index in [0.717, 1.165) is 0 Å². The SMILES string of the molecule is CC(NC(=O)c1ccoc1Cl)c1ncc[nH]1. The van der Waals surface area contributed by atoms with Crippen molar-refractivity contribution in [2.24, 2.45) is 0 Å². The molecule has 84 valence electrons. The fourth-order valence-corrected chi connectivity index (χ4v) is 1.51. The van der Waals surface area contributed by atoms with Crippen molar-refractivity contribution in [3.05, 3.63) is 41.3 Å². The highest BCUT2D eigenvalue weighted by Crippen LogP contribution is 2.17. The third-order valence-electron chi connectivity index (χ3n) is 2.14. The summed E-state index contributed by atoms with van der Waals surface area (Å²) in [6, 6.07) is 1.31. The molecule has 2 heterocycles. The highest BCUT2D eigenvalue weighted by molar-refractivity contribution is 6.32. The van der Waals surface area contributed by atoms with Gasteiger partial charge in [0.2, 0.25) is 5.22 Å². The van der Waals surface area contributed by atoms with Gasteiger partial charge in [-0.05, 0) is 24.6 Å². The number of aromatic amines is 1. The Labute approximate surface area is 96.8 Å². The smallest absolute Gasteiger partial charge is 0.256 e. The van der Waals surface area contributed by atoms with E-state index in [1.807, 2.05) is 6.92 Å². The average Bonchev–Trinajstić information content (AvgIpc) is 2.86. The van der Waals surface area contributed by atoms with Crippen LogP contribution in [0.1, 0.15) is 29.1 Å². The number of aromatic nitrogens is 2. The van der Waals surface area contributed by atoms with Gasteiger partial charge < -0.3 is 14.7 Å². The minimum atomic E-state index is -0.289. The molecule has 2 aromatic rings. The number of carbonyl (C=O) groups excluding carboxylic acids is 1. The van der Waals surface area contributed by atoms with E-state index in [4.69, 9.17) is 16.0 Å². The second kappa shape index (κ2) is 4.40. The molecule has 6 heteroatoms. The molecule has 0 saturated carbocycles. The molecule has 0 aromatic carbocycles. The molecule has 0 saturated heterocycles. The first-order chi connectivity index (χ1) is 7.68. The maximum absolute atomic E-state index is 11.7. The number of hydrogen-bond donors (Lipinski definition) is 2. The van der Waals surface area contributed by atoms with Crippen LogP contribution < -0.4 is 5.32 Å². The van der Waals surface area contributed by atoms with Gasteiger partial charge in [-0.15, -0.1) is 0 Å². The van der Waals surface area contributed by atoms with Crippen LogP contribution in [-0.2, 0) is 0 Å². The number of nitrogens with one attached hydrogen (secondary N) is 2.